The first kappa shape index (κ1) is 12.0. The average Bonchev–Trinajstić information content (AvgIpc) is 2.82. The lowest BCUT2D eigenvalue weighted by Crippen LogP contribution is -2.12. The van der Waals surface area contributed by atoms with E-state index in [2.05, 4.69) is 10.5 Å². The maximum absolute atomic E-state index is 6.03. The number of halogens is 1. The van der Waals surface area contributed by atoms with Crippen LogP contribution in [-0.2, 0) is 13.1 Å². The van der Waals surface area contributed by atoms with Gasteiger partial charge in [0.25, 0.3) is 0 Å². The van der Waals surface area contributed by atoms with Crippen LogP contribution in [0.1, 0.15) is 11.3 Å². The maximum Gasteiger partial charge on any atom is 0.150 e. The van der Waals surface area contributed by atoms with Gasteiger partial charge in [0.2, 0.25) is 0 Å². The first-order valence-corrected chi connectivity index (χ1v) is 5.60. The first-order chi connectivity index (χ1) is 8.29. The van der Waals surface area contributed by atoms with Gasteiger partial charge in [-0.25, -0.2) is 0 Å². The standard InChI is InChI=1S/C12H13ClN2O2/c1-16-12-3-2-9(6-11(12)13)7-14-8-10-4-5-15-17-10/h2-6,14H,7-8H2,1H3. The molecule has 0 saturated carbocycles. The lowest BCUT2D eigenvalue weighted by atomic mass is 10.2. The molecule has 1 aromatic carbocycles. The van der Waals surface area contributed by atoms with E-state index in [9.17, 15) is 0 Å². The minimum Gasteiger partial charge on any atom is -0.495 e. The van der Waals surface area contributed by atoms with Gasteiger partial charge in [0.1, 0.15) is 11.5 Å². The molecule has 1 aromatic heterocycles. The predicted octanol–water partition coefficient (Wildman–Crippen LogP) is 2.63. The zero-order valence-electron chi connectivity index (χ0n) is 9.44. The quantitative estimate of drug-likeness (QED) is 0.889. The fourth-order valence-electron chi connectivity index (χ4n) is 1.48. The molecular weight excluding hydrogens is 240 g/mol. The molecule has 0 aliphatic carbocycles. The summed E-state index contributed by atoms with van der Waals surface area (Å²) in [4.78, 5) is 0. The van der Waals surface area contributed by atoms with Gasteiger partial charge in [-0.15, -0.1) is 0 Å². The van der Waals surface area contributed by atoms with Crippen LogP contribution >= 0.6 is 11.6 Å². The van der Waals surface area contributed by atoms with E-state index in [0.717, 1.165) is 11.3 Å². The SMILES string of the molecule is COc1ccc(CNCc2ccno2)cc1Cl. The van der Waals surface area contributed by atoms with Crippen LogP contribution in [0.5, 0.6) is 5.75 Å². The van der Waals surface area contributed by atoms with E-state index in [1.165, 1.54) is 0 Å². The molecule has 0 saturated heterocycles. The van der Waals surface area contributed by atoms with Gasteiger partial charge in [-0.3, -0.25) is 0 Å². The van der Waals surface area contributed by atoms with Crippen molar-refractivity contribution in [3.63, 3.8) is 0 Å². The lowest BCUT2D eigenvalue weighted by Gasteiger charge is -2.06. The Morgan fingerprint density at radius 1 is 1.35 bits per heavy atom. The van der Waals surface area contributed by atoms with Crippen molar-refractivity contribution in [1.29, 1.82) is 0 Å². The van der Waals surface area contributed by atoms with Crippen LogP contribution in [0.2, 0.25) is 5.02 Å². The second-order valence-corrected chi connectivity index (χ2v) is 3.96. The molecule has 0 aliphatic rings. The smallest absolute Gasteiger partial charge is 0.150 e. The van der Waals surface area contributed by atoms with Crippen LogP contribution in [-0.4, -0.2) is 12.3 Å². The Bertz CT molecular complexity index is 471. The molecule has 0 unspecified atom stereocenters. The Morgan fingerprint density at radius 3 is 2.88 bits per heavy atom. The Hall–Kier alpha value is -1.52. The van der Waals surface area contributed by atoms with Crippen molar-refractivity contribution in [2.24, 2.45) is 0 Å². The van der Waals surface area contributed by atoms with E-state index >= 15 is 0 Å². The van der Waals surface area contributed by atoms with E-state index in [1.54, 1.807) is 13.3 Å². The molecule has 0 amide bonds. The first-order valence-electron chi connectivity index (χ1n) is 5.22. The van der Waals surface area contributed by atoms with Gasteiger partial charge in [0.05, 0.1) is 24.9 Å². The minimum atomic E-state index is 0.617. The summed E-state index contributed by atoms with van der Waals surface area (Å²) in [5.41, 5.74) is 1.09. The number of rotatable bonds is 5. The number of hydrogen-bond donors (Lipinski definition) is 1. The number of ether oxygens (including phenoxy) is 1. The molecule has 0 fully saturated rings. The van der Waals surface area contributed by atoms with Gasteiger partial charge in [-0.05, 0) is 17.7 Å². The highest BCUT2D eigenvalue weighted by molar-refractivity contribution is 6.32. The van der Waals surface area contributed by atoms with Crippen molar-refractivity contribution < 1.29 is 9.26 Å². The van der Waals surface area contributed by atoms with Crippen LogP contribution in [0.4, 0.5) is 0 Å². The zero-order valence-corrected chi connectivity index (χ0v) is 10.2. The molecule has 0 atom stereocenters. The van der Waals surface area contributed by atoms with Gasteiger partial charge in [-0.2, -0.15) is 0 Å². The molecule has 4 nitrogen and oxygen atoms in total. The Labute approximate surface area is 105 Å². The van der Waals surface area contributed by atoms with Gasteiger partial charge in [0, 0.05) is 12.6 Å². The Balaban J connectivity index is 1.89. The van der Waals surface area contributed by atoms with Crippen molar-refractivity contribution in [3.05, 3.63) is 46.8 Å². The second-order valence-electron chi connectivity index (χ2n) is 3.55. The summed E-state index contributed by atoms with van der Waals surface area (Å²) < 4.78 is 10.1. The third-order valence-electron chi connectivity index (χ3n) is 2.34. The van der Waals surface area contributed by atoms with Gasteiger partial charge in [0.15, 0.2) is 0 Å². The molecule has 1 N–H and O–H groups in total. The highest BCUT2D eigenvalue weighted by atomic mass is 35.5. The molecular formula is C12H13ClN2O2. The van der Waals surface area contributed by atoms with E-state index in [0.29, 0.717) is 23.9 Å². The highest BCUT2D eigenvalue weighted by Crippen LogP contribution is 2.24. The minimum absolute atomic E-state index is 0.617. The van der Waals surface area contributed by atoms with Crippen LogP contribution in [0.3, 0.4) is 0 Å². The summed E-state index contributed by atoms with van der Waals surface area (Å²) in [6.07, 6.45) is 1.63. The van der Waals surface area contributed by atoms with Crippen molar-refractivity contribution >= 4 is 11.6 Å². The molecule has 17 heavy (non-hydrogen) atoms. The molecule has 90 valence electrons. The summed E-state index contributed by atoms with van der Waals surface area (Å²) in [5.74, 6) is 1.50. The van der Waals surface area contributed by atoms with Crippen LogP contribution in [0, 0.1) is 0 Å². The van der Waals surface area contributed by atoms with Crippen molar-refractivity contribution in [1.82, 2.24) is 10.5 Å². The van der Waals surface area contributed by atoms with Crippen LogP contribution in [0.15, 0.2) is 35.0 Å². The molecule has 1 heterocycles. The number of benzene rings is 1. The molecule has 2 aromatic rings. The van der Waals surface area contributed by atoms with Crippen LogP contribution < -0.4 is 10.1 Å². The van der Waals surface area contributed by atoms with Crippen molar-refractivity contribution in [2.45, 2.75) is 13.1 Å². The Morgan fingerprint density at radius 2 is 2.24 bits per heavy atom. The number of nitrogens with one attached hydrogen (secondary N) is 1. The van der Waals surface area contributed by atoms with Crippen molar-refractivity contribution in [2.75, 3.05) is 7.11 Å². The number of methoxy groups -OCH3 is 1. The number of nitrogens with zero attached hydrogens (tertiary/aromatic N) is 1. The Kier molecular flexibility index (Phi) is 4.01. The average molecular weight is 253 g/mol. The second kappa shape index (κ2) is 5.70. The summed E-state index contributed by atoms with van der Waals surface area (Å²) in [5, 5.41) is 7.48. The number of aromatic nitrogens is 1. The summed E-state index contributed by atoms with van der Waals surface area (Å²) >= 11 is 6.03. The molecule has 0 spiro atoms. The molecule has 0 bridgehead atoms. The molecule has 0 radical (unpaired) electrons. The lowest BCUT2D eigenvalue weighted by molar-refractivity contribution is 0.372. The summed E-state index contributed by atoms with van der Waals surface area (Å²) in [7, 11) is 1.60. The maximum atomic E-state index is 6.03. The molecule has 0 aliphatic heterocycles. The van der Waals surface area contributed by atoms with E-state index < -0.39 is 0 Å². The topological polar surface area (TPSA) is 47.3 Å². The largest absolute Gasteiger partial charge is 0.495 e. The van der Waals surface area contributed by atoms with Gasteiger partial charge >= 0.3 is 0 Å². The van der Waals surface area contributed by atoms with Gasteiger partial charge < -0.3 is 14.6 Å². The van der Waals surface area contributed by atoms with Crippen LogP contribution in [0.25, 0.3) is 0 Å². The fraction of sp³-hybridized carbons (Fsp3) is 0.250. The normalized spacial score (nSPS) is 10.5. The monoisotopic (exact) mass is 252 g/mol. The van der Waals surface area contributed by atoms with Gasteiger partial charge in [-0.1, -0.05) is 22.8 Å². The van der Waals surface area contributed by atoms with E-state index in [4.69, 9.17) is 20.9 Å². The third kappa shape index (κ3) is 3.22. The highest BCUT2D eigenvalue weighted by Gasteiger charge is 2.02. The number of hydrogen-bond acceptors (Lipinski definition) is 4. The fourth-order valence-corrected chi connectivity index (χ4v) is 1.76. The summed E-state index contributed by atoms with van der Waals surface area (Å²) in [6.45, 7) is 1.36. The van der Waals surface area contributed by atoms with Crippen molar-refractivity contribution in [3.8, 4) is 5.75 Å². The van der Waals surface area contributed by atoms with E-state index in [1.807, 2.05) is 24.3 Å². The molecule has 2 rings (SSSR count). The molecule has 5 heteroatoms. The predicted molar refractivity (Wildman–Crippen MR) is 65.1 cm³/mol. The van der Waals surface area contributed by atoms with E-state index in [-0.39, 0.29) is 0 Å². The summed E-state index contributed by atoms with van der Waals surface area (Å²) in [6, 6.07) is 7.54. The third-order valence-corrected chi connectivity index (χ3v) is 2.63. The zero-order chi connectivity index (χ0) is 12.1.